The molecule has 5 heteroatoms. The van der Waals surface area contributed by atoms with Crippen LogP contribution < -0.4 is 4.74 Å². The number of aryl methyl sites for hydroxylation is 1. The topological polar surface area (TPSA) is 39.2 Å². The first kappa shape index (κ1) is 13.7. The van der Waals surface area contributed by atoms with E-state index in [9.17, 15) is 9.18 Å². The highest BCUT2D eigenvalue weighted by molar-refractivity contribution is 7.09. The summed E-state index contributed by atoms with van der Waals surface area (Å²) in [4.78, 5) is 16.4. The molecule has 0 saturated heterocycles. The molecule has 0 N–H and O–H groups in total. The van der Waals surface area contributed by atoms with Crippen LogP contribution in [0.2, 0.25) is 0 Å². The average molecular weight is 279 g/mol. The number of carbonyl (C=O) groups excluding carboxylic acids is 1. The highest BCUT2D eigenvalue weighted by Crippen LogP contribution is 2.20. The Kier molecular flexibility index (Phi) is 4.27. The number of hydrogen-bond donors (Lipinski definition) is 0. The van der Waals surface area contributed by atoms with Crippen LogP contribution in [0.1, 0.15) is 27.9 Å². The fraction of sp³-hybridized carbons (Fsp3) is 0.286. The molecule has 0 spiro atoms. The van der Waals surface area contributed by atoms with Crippen molar-refractivity contribution in [3.63, 3.8) is 0 Å². The van der Waals surface area contributed by atoms with Gasteiger partial charge >= 0.3 is 0 Å². The second-order valence-electron chi connectivity index (χ2n) is 4.16. The number of ether oxygens (including phenoxy) is 1. The average Bonchev–Trinajstić information content (AvgIpc) is 2.77. The van der Waals surface area contributed by atoms with E-state index in [1.54, 1.807) is 22.9 Å². The highest BCUT2D eigenvalue weighted by Gasteiger charge is 2.08. The Bertz CT molecular complexity index is 595. The first-order valence-corrected chi connectivity index (χ1v) is 6.78. The van der Waals surface area contributed by atoms with Crippen LogP contribution in [0.4, 0.5) is 4.39 Å². The van der Waals surface area contributed by atoms with Gasteiger partial charge in [-0.3, -0.25) is 4.79 Å². The predicted octanol–water partition coefficient (Wildman–Crippen LogP) is 3.41. The first-order chi connectivity index (χ1) is 9.08. The summed E-state index contributed by atoms with van der Waals surface area (Å²) < 4.78 is 19.1. The maximum atomic E-state index is 13.7. The van der Waals surface area contributed by atoms with Gasteiger partial charge in [0.05, 0.1) is 17.8 Å². The van der Waals surface area contributed by atoms with E-state index in [1.165, 1.54) is 19.1 Å². The lowest BCUT2D eigenvalue weighted by Gasteiger charge is -2.07. The highest BCUT2D eigenvalue weighted by atomic mass is 32.1. The van der Waals surface area contributed by atoms with Gasteiger partial charge in [-0.15, -0.1) is 11.3 Å². The Balaban J connectivity index is 1.96. The first-order valence-electron chi connectivity index (χ1n) is 5.90. The van der Waals surface area contributed by atoms with Gasteiger partial charge in [-0.05, 0) is 32.0 Å². The van der Waals surface area contributed by atoms with E-state index in [2.05, 4.69) is 4.98 Å². The molecular weight excluding hydrogens is 265 g/mol. The lowest BCUT2D eigenvalue weighted by atomic mass is 10.1. The van der Waals surface area contributed by atoms with Crippen molar-refractivity contribution in [3.05, 3.63) is 45.7 Å². The van der Waals surface area contributed by atoms with Crippen molar-refractivity contribution in [2.24, 2.45) is 0 Å². The van der Waals surface area contributed by atoms with Crippen molar-refractivity contribution in [1.29, 1.82) is 0 Å². The second kappa shape index (κ2) is 5.93. The fourth-order valence-corrected chi connectivity index (χ4v) is 2.42. The summed E-state index contributed by atoms with van der Waals surface area (Å²) in [5.41, 5.74) is 3.12. The lowest BCUT2D eigenvalue weighted by molar-refractivity contribution is 0.101. The van der Waals surface area contributed by atoms with Crippen LogP contribution in [0.25, 0.3) is 0 Å². The van der Waals surface area contributed by atoms with Crippen LogP contribution in [0.5, 0.6) is 5.75 Å². The van der Waals surface area contributed by atoms with E-state index in [4.69, 9.17) is 4.74 Å². The number of rotatable bonds is 5. The molecule has 1 aromatic carbocycles. The molecule has 0 aliphatic rings. The maximum absolute atomic E-state index is 13.7. The Morgan fingerprint density at radius 3 is 2.84 bits per heavy atom. The van der Waals surface area contributed by atoms with E-state index in [1.807, 2.05) is 6.92 Å². The van der Waals surface area contributed by atoms with Gasteiger partial charge in [0, 0.05) is 16.9 Å². The van der Waals surface area contributed by atoms with Gasteiger partial charge in [-0.1, -0.05) is 0 Å². The molecule has 1 aromatic heterocycles. The minimum absolute atomic E-state index is 0.161. The molecular formula is C14H14FNO2S. The molecule has 0 radical (unpaired) electrons. The number of hydrogen-bond acceptors (Lipinski definition) is 4. The number of carbonyl (C=O) groups is 1. The monoisotopic (exact) mass is 279 g/mol. The molecule has 0 aliphatic heterocycles. The number of nitrogens with zero attached hydrogens (tertiary/aromatic N) is 1. The van der Waals surface area contributed by atoms with E-state index in [0.717, 1.165) is 10.6 Å². The number of ketones is 1. The third-order valence-electron chi connectivity index (χ3n) is 2.77. The summed E-state index contributed by atoms with van der Waals surface area (Å²) in [7, 11) is 0. The standard InChI is InChI=1S/C14H14FNO2S/c1-9-14(19-8-16-9)5-6-18-13-4-3-11(10(2)17)7-12(13)15/h3-4,7-8H,5-6H2,1-2H3. The quantitative estimate of drug-likeness (QED) is 0.787. The number of aromatic nitrogens is 1. The minimum atomic E-state index is -0.506. The SMILES string of the molecule is CC(=O)c1ccc(OCCc2scnc2C)c(F)c1. The maximum Gasteiger partial charge on any atom is 0.165 e. The fourth-order valence-electron chi connectivity index (χ4n) is 1.66. The number of halogens is 1. The van der Waals surface area contributed by atoms with Crippen LogP contribution in [0, 0.1) is 12.7 Å². The summed E-state index contributed by atoms with van der Waals surface area (Å²) in [5.74, 6) is -0.494. The molecule has 19 heavy (non-hydrogen) atoms. The molecule has 0 unspecified atom stereocenters. The zero-order chi connectivity index (χ0) is 13.8. The van der Waals surface area contributed by atoms with Crippen molar-refractivity contribution in [2.75, 3.05) is 6.61 Å². The molecule has 0 atom stereocenters. The van der Waals surface area contributed by atoms with Crippen LogP contribution >= 0.6 is 11.3 Å². The smallest absolute Gasteiger partial charge is 0.165 e. The van der Waals surface area contributed by atoms with Crippen LogP contribution in [0.3, 0.4) is 0 Å². The van der Waals surface area contributed by atoms with Crippen molar-refractivity contribution in [2.45, 2.75) is 20.3 Å². The Morgan fingerprint density at radius 1 is 1.47 bits per heavy atom. The largest absolute Gasteiger partial charge is 0.490 e. The number of Topliss-reactive ketones (excluding diaryl/α,β-unsaturated/α-hetero) is 1. The predicted molar refractivity (Wildman–Crippen MR) is 72.5 cm³/mol. The molecule has 0 saturated carbocycles. The Morgan fingerprint density at radius 2 is 2.26 bits per heavy atom. The summed E-state index contributed by atoms with van der Waals surface area (Å²) in [6.45, 7) is 3.73. The van der Waals surface area contributed by atoms with Crippen molar-refractivity contribution in [1.82, 2.24) is 4.98 Å². The summed E-state index contributed by atoms with van der Waals surface area (Å²) in [6.07, 6.45) is 0.699. The third kappa shape index (κ3) is 3.38. The minimum Gasteiger partial charge on any atom is -0.490 e. The van der Waals surface area contributed by atoms with Crippen LogP contribution in [-0.4, -0.2) is 17.4 Å². The van der Waals surface area contributed by atoms with Gasteiger partial charge in [0.2, 0.25) is 0 Å². The zero-order valence-corrected chi connectivity index (χ0v) is 11.6. The molecule has 0 fully saturated rings. The third-order valence-corrected chi connectivity index (χ3v) is 3.76. The second-order valence-corrected chi connectivity index (χ2v) is 5.10. The van der Waals surface area contributed by atoms with Gasteiger partial charge in [-0.2, -0.15) is 0 Å². The molecule has 0 aliphatic carbocycles. The van der Waals surface area contributed by atoms with E-state index in [0.29, 0.717) is 18.6 Å². The Labute approximate surface area is 115 Å². The lowest BCUT2D eigenvalue weighted by Crippen LogP contribution is -2.03. The normalized spacial score (nSPS) is 10.5. The van der Waals surface area contributed by atoms with Gasteiger partial charge in [-0.25, -0.2) is 9.37 Å². The molecule has 0 amide bonds. The van der Waals surface area contributed by atoms with Crippen molar-refractivity contribution >= 4 is 17.1 Å². The van der Waals surface area contributed by atoms with Crippen LogP contribution in [-0.2, 0) is 6.42 Å². The Hall–Kier alpha value is -1.75. The molecule has 3 nitrogen and oxygen atoms in total. The summed E-state index contributed by atoms with van der Waals surface area (Å²) in [6, 6.07) is 4.26. The van der Waals surface area contributed by atoms with E-state index in [-0.39, 0.29) is 11.5 Å². The molecule has 1 heterocycles. The van der Waals surface area contributed by atoms with Crippen molar-refractivity contribution in [3.8, 4) is 5.75 Å². The van der Waals surface area contributed by atoms with E-state index >= 15 is 0 Å². The molecule has 0 bridgehead atoms. The zero-order valence-electron chi connectivity index (χ0n) is 10.8. The van der Waals surface area contributed by atoms with Gasteiger partial charge < -0.3 is 4.74 Å². The van der Waals surface area contributed by atoms with Crippen LogP contribution in [0.15, 0.2) is 23.7 Å². The van der Waals surface area contributed by atoms with Gasteiger partial charge in [0.25, 0.3) is 0 Å². The number of thiazole rings is 1. The molecule has 100 valence electrons. The molecule has 2 aromatic rings. The van der Waals surface area contributed by atoms with Gasteiger partial charge in [0.15, 0.2) is 17.3 Å². The van der Waals surface area contributed by atoms with Crippen molar-refractivity contribution < 1.29 is 13.9 Å². The molecule has 2 rings (SSSR count). The summed E-state index contributed by atoms with van der Waals surface area (Å²) >= 11 is 1.57. The van der Waals surface area contributed by atoms with E-state index < -0.39 is 5.82 Å². The van der Waals surface area contributed by atoms with Gasteiger partial charge in [0.1, 0.15) is 0 Å². The number of benzene rings is 1. The summed E-state index contributed by atoms with van der Waals surface area (Å²) in [5, 5.41) is 0.